The van der Waals surface area contributed by atoms with Crippen molar-refractivity contribution < 1.29 is 0 Å². The van der Waals surface area contributed by atoms with Crippen molar-refractivity contribution in [3.8, 4) is 12.3 Å². The minimum Gasteiger partial charge on any atom is -0.311 e. The lowest BCUT2D eigenvalue weighted by molar-refractivity contribution is 0.736. The van der Waals surface area contributed by atoms with Crippen LogP contribution in [0.4, 0.5) is 0 Å². The molecule has 0 aliphatic carbocycles. The molecule has 0 atom stereocenters. The van der Waals surface area contributed by atoms with E-state index >= 15 is 0 Å². The van der Waals surface area contributed by atoms with Crippen LogP contribution in [0, 0.1) is 26.2 Å². The summed E-state index contributed by atoms with van der Waals surface area (Å²) in [5.74, 6) is 4.49. The van der Waals surface area contributed by atoms with Crippen LogP contribution in [0.1, 0.15) is 15.6 Å². The molecule has 0 saturated heterocycles. The van der Waals surface area contributed by atoms with Crippen molar-refractivity contribution in [2.45, 2.75) is 20.4 Å². The van der Waals surface area contributed by atoms with Gasteiger partial charge in [-0.05, 0) is 13.8 Å². The predicted octanol–water partition coefficient (Wildman–Crippen LogP) is 2.22. The van der Waals surface area contributed by atoms with Gasteiger partial charge in [0.25, 0.3) is 0 Å². The van der Waals surface area contributed by atoms with Crippen LogP contribution in [0.5, 0.6) is 0 Å². The molecule has 0 bridgehead atoms. The van der Waals surface area contributed by atoms with E-state index in [1.54, 1.807) is 23.1 Å². The number of rotatable bonds is 6. The second-order valence-corrected chi connectivity index (χ2v) is 5.57. The first-order valence-corrected chi connectivity index (χ1v) is 6.86. The monoisotopic (exact) mass is 240 g/mol. The van der Waals surface area contributed by atoms with Gasteiger partial charge in [-0.3, -0.25) is 0 Å². The largest absolute Gasteiger partial charge is 0.311 e. The van der Waals surface area contributed by atoms with Gasteiger partial charge in [0.2, 0.25) is 0 Å². The van der Waals surface area contributed by atoms with Crippen molar-refractivity contribution in [3.05, 3.63) is 15.6 Å². The topological polar surface area (TPSA) is 24.9 Å². The van der Waals surface area contributed by atoms with Gasteiger partial charge in [0.15, 0.2) is 0 Å². The van der Waals surface area contributed by atoms with Crippen molar-refractivity contribution in [2.75, 3.05) is 18.1 Å². The Morgan fingerprint density at radius 2 is 2.33 bits per heavy atom. The Balaban J connectivity index is 2.15. The molecule has 1 heterocycles. The molecule has 2 nitrogen and oxygen atoms in total. The van der Waals surface area contributed by atoms with Crippen molar-refractivity contribution in [3.63, 3.8) is 0 Å². The molecule has 1 aromatic rings. The molecule has 4 heteroatoms. The van der Waals surface area contributed by atoms with E-state index in [-0.39, 0.29) is 0 Å². The molecular weight excluding hydrogens is 224 g/mol. The number of nitrogens with zero attached hydrogens (tertiary/aromatic N) is 1. The molecule has 0 amide bonds. The molecule has 82 valence electrons. The van der Waals surface area contributed by atoms with Crippen molar-refractivity contribution in [1.29, 1.82) is 0 Å². The van der Waals surface area contributed by atoms with E-state index in [4.69, 9.17) is 6.42 Å². The molecule has 1 rings (SSSR count). The number of aryl methyl sites for hydroxylation is 2. The predicted molar refractivity (Wildman–Crippen MR) is 69.5 cm³/mol. The zero-order valence-corrected chi connectivity index (χ0v) is 10.8. The lowest BCUT2D eigenvalue weighted by atomic mass is 10.4. The number of hydrogen-bond donors (Lipinski definition) is 1. The minimum absolute atomic E-state index is 0.806. The molecule has 0 aromatic carbocycles. The van der Waals surface area contributed by atoms with Gasteiger partial charge in [-0.25, -0.2) is 4.98 Å². The average Bonchev–Trinajstić information content (AvgIpc) is 2.51. The van der Waals surface area contributed by atoms with Crippen LogP contribution in [-0.4, -0.2) is 23.0 Å². The highest BCUT2D eigenvalue weighted by Crippen LogP contribution is 2.16. The first-order chi connectivity index (χ1) is 7.24. The number of hydrogen-bond acceptors (Lipinski definition) is 4. The summed E-state index contributed by atoms with van der Waals surface area (Å²) in [5.41, 5.74) is 1.15. The van der Waals surface area contributed by atoms with Crippen LogP contribution >= 0.6 is 23.1 Å². The molecule has 0 unspecified atom stereocenters. The third-order valence-corrected chi connectivity index (χ3v) is 3.83. The summed E-state index contributed by atoms with van der Waals surface area (Å²) in [7, 11) is 0. The van der Waals surface area contributed by atoms with Gasteiger partial charge in [-0.1, -0.05) is 5.92 Å². The summed E-state index contributed by atoms with van der Waals surface area (Å²) in [5, 5.41) is 4.54. The summed E-state index contributed by atoms with van der Waals surface area (Å²) in [6, 6.07) is 0. The van der Waals surface area contributed by atoms with Crippen LogP contribution in [0.2, 0.25) is 0 Å². The Morgan fingerprint density at radius 3 is 2.93 bits per heavy atom. The normalized spacial score (nSPS) is 10.2. The maximum absolute atomic E-state index is 5.16. The van der Waals surface area contributed by atoms with E-state index in [1.165, 1.54) is 4.88 Å². The fourth-order valence-corrected chi connectivity index (χ4v) is 2.67. The summed E-state index contributed by atoms with van der Waals surface area (Å²) in [4.78, 5) is 5.73. The van der Waals surface area contributed by atoms with Crippen LogP contribution in [0.3, 0.4) is 0 Å². The van der Waals surface area contributed by atoms with Crippen LogP contribution in [-0.2, 0) is 6.54 Å². The van der Waals surface area contributed by atoms with Gasteiger partial charge in [0.1, 0.15) is 0 Å². The second kappa shape index (κ2) is 6.89. The van der Waals surface area contributed by atoms with Gasteiger partial charge in [0, 0.05) is 23.7 Å². The molecule has 0 aliphatic rings. The lowest BCUT2D eigenvalue weighted by Gasteiger charge is -2.01. The third kappa shape index (κ3) is 4.70. The van der Waals surface area contributed by atoms with Crippen molar-refractivity contribution >= 4 is 23.1 Å². The highest BCUT2D eigenvalue weighted by Gasteiger charge is 2.03. The van der Waals surface area contributed by atoms with Gasteiger partial charge in [0.05, 0.1) is 16.5 Å². The number of terminal acetylenes is 1. The molecule has 0 spiro atoms. The summed E-state index contributed by atoms with van der Waals surface area (Å²) >= 11 is 3.56. The first-order valence-electron chi connectivity index (χ1n) is 4.89. The maximum atomic E-state index is 5.16. The Morgan fingerprint density at radius 1 is 1.53 bits per heavy atom. The van der Waals surface area contributed by atoms with Gasteiger partial charge in [-0.15, -0.1) is 29.5 Å². The quantitative estimate of drug-likeness (QED) is 0.609. The van der Waals surface area contributed by atoms with Crippen molar-refractivity contribution in [1.82, 2.24) is 10.3 Å². The Labute approximate surface area is 99.9 Å². The van der Waals surface area contributed by atoms with E-state index in [1.807, 2.05) is 6.92 Å². The first kappa shape index (κ1) is 12.6. The third-order valence-electron chi connectivity index (χ3n) is 1.89. The minimum atomic E-state index is 0.806. The van der Waals surface area contributed by atoms with Crippen LogP contribution in [0.15, 0.2) is 0 Å². The highest BCUT2D eigenvalue weighted by atomic mass is 32.2. The molecule has 0 fully saturated rings. The SMILES string of the molecule is C#CCSCCNCc1sc(C)nc1C. The van der Waals surface area contributed by atoms with Gasteiger partial charge in [-0.2, -0.15) is 0 Å². The number of thioether (sulfide) groups is 1. The van der Waals surface area contributed by atoms with Gasteiger partial charge < -0.3 is 5.32 Å². The Hall–Kier alpha value is -0.500. The smallest absolute Gasteiger partial charge is 0.0900 e. The molecule has 1 aromatic heterocycles. The van der Waals surface area contributed by atoms with E-state index in [9.17, 15) is 0 Å². The lowest BCUT2D eigenvalue weighted by Crippen LogP contribution is -2.16. The summed E-state index contributed by atoms with van der Waals surface area (Å²) < 4.78 is 0. The molecule has 0 radical (unpaired) electrons. The Kier molecular flexibility index (Phi) is 5.77. The van der Waals surface area contributed by atoms with E-state index in [2.05, 4.69) is 23.1 Å². The zero-order valence-electron chi connectivity index (χ0n) is 9.17. The van der Waals surface area contributed by atoms with E-state index < -0.39 is 0 Å². The van der Waals surface area contributed by atoms with Gasteiger partial charge >= 0.3 is 0 Å². The molecule has 15 heavy (non-hydrogen) atoms. The van der Waals surface area contributed by atoms with E-state index in [0.29, 0.717) is 0 Å². The number of nitrogens with one attached hydrogen (secondary N) is 1. The Bertz CT molecular complexity index is 339. The van der Waals surface area contributed by atoms with E-state index in [0.717, 1.165) is 35.3 Å². The summed E-state index contributed by atoms with van der Waals surface area (Å²) in [6.07, 6.45) is 5.16. The molecular formula is C11H16N2S2. The fraction of sp³-hybridized carbons (Fsp3) is 0.545. The zero-order chi connectivity index (χ0) is 11.1. The average molecular weight is 240 g/mol. The van der Waals surface area contributed by atoms with Crippen molar-refractivity contribution in [2.24, 2.45) is 0 Å². The second-order valence-electron chi connectivity index (χ2n) is 3.17. The van der Waals surface area contributed by atoms with Crippen LogP contribution < -0.4 is 5.32 Å². The molecule has 0 saturated carbocycles. The number of thiazole rings is 1. The molecule has 1 N–H and O–H groups in total. The number of aromatic nitrogens is 1. The summed E-state index contributed by atoms with van der Waals surface area (Å²) in [6.45, 7) is 6.04. The highest BCUT2D eigenvalue weighted by molar-refractivity contribution is 7.99. The van der Waals surface area contributed by atoms with Crippen LogP contribution in [0.25, 0.3) is 0 Å². The molecule has 0 aliphatic heterocycles. The fourth-order valence-electron chi connectivity index (χ4n) is 1.21. The standard InChI is InChI=1S/C11H16N2S2/c1-4-6-14-7-5-12-8-11-9(2)13-10(3)15-11/h1,12H,5-8H2,2-3H3. The maximum Gasteiger partial charge on any atom is 0.0900 e.